The molecule has 0 aromatic carbocycles. The summed E-state index contributed by atoms with van der Waals surface area (Å²) >= 11 is 0. The standard InChI is InChI=1S/C8H17N3O/c1-10(2)5-6-11(7-12)8(9)3-4-8/h7H,3-6,9H2,1-2H3. The van der Waals surface area contributed by atoms with Crippen LogP contribution in [0.25, 0.3) is 0 Å². The van der Waals surface area contributed by atoms with Crippen LogP contribution < -0.4 is 5.73 Å². The van der Waals surface area contributed by atoms with E-state index in [1.807, 2.05) is 19.0 Å². The molecule has 0 bridgehead atoms. The Morgan fingerprint density at radius 3 is 2.33 bits per heavy atom. The summed E-state index contributed by atoms with van der Waals surface area (Å²) < 4.78 is 0. The van der Waals surface area contributed by atoms with Gasteiger partial charge in [-0.3, -0.25) is 4.79 Å². The van der Waals surface area contributed by atoms with Gasteiger partial charge in [-0.05, 0) is 26.9 Å². The number of carbonyl (C=O) groups excluding carboxylic acids is 1. The van der Waals surface area contributed by atoms with Crippen LogP contribution >= 0.6 is 0 Å². The number of hydrogen-bond acceptors (Lipinski definition) is 3. The van der Waals surface area contributed by atoms with Crippen molar-refractivity contribution in [3.8, 4) is 0 Å². The van der Waals surface area contributed by atoms with E-state index in [-0.39, 0.29) is 5.66 Å². The number of carbonyl (C=O) groups is 1. The minimum absolute atomic E-state index is 0.308. The van der Waals surface area contributed by atoms with Crippen LogP contribution in [0.1, 0.15) is 12.8 Å². The van der Waals surface area contributed by atoms with Gasteiger partial charge in [0.2, 0.25) is 6.41 Å². The number of nitrogens with two attached hydrogens (primary N) is 1. The van der Waals surface area contributed by atoms with Crippen LogP contribution in [-0.4, -0.2) is 49.1 Å². The second-order valence-electron chi connectivity index (χ2n) is 3.71. The van der Waals surface area contributed by atoms with Gasteiger partial charge in [0.25, 0.3) is 0 Å². The Labute approximate surface area is 73.3 Å². The Morgan fingerprint density at radius 2 is 2.00 bits per heavy atom. The van der Waals surface area contributed by atoms with E-state index < -0.39 is 0 Å². The molecule has 0 radical (unpaired) electrons. The molecule has 0 spiro atoms. The molecule has 1 amide bonds. The summed E-state index contributed by atoms with van der Waals surface area (Å²) in [7, 11) is 3.97. The molecule has 0 saturated heterocycles. The Morgan fingerprint density at radius 1 is 1.42 bits per heavy atom. The highest BCUT2D eigenvalue weighted by molar-refractivity contribution is 5.50. The molecule has 0 unspecified atom stereocenters. The van der Waals surface area contributed by atoms with Crippen LogP contribution in [0.5, 0.6) is 0 Å². The Balaban J connectivity index is 2.31. The molecule has 0 aromatic heterocycles. The molecule has 1 aliphatic carbocycles. The van der Waals surface area contributed by atoms with Crippen LogP contribution in [-0.2, 0) is 4.79 Å². The van der Waals surface area contributed by atoms with Crippen LogP contribution in [0.2, 0.25) is 0 Å². The first kappa shape index (κ1) is 9.48. The highest BCUT2D eigenvalue weighted by Gasteiger charge is 2.43. The predicted octanol–water partition coefficient (Wildman–Crippen LogP) is -0.545. The molecule has 1 fully saturated rings. The van der Waals surface area contributed by atoms with Crippen molar-refractivity contribution in [1.29, 1.82) is 0 Å². The topological polar surface area (TPSA) is 49.6 Å². The summed E-state index contributed by atoms with van der Waals surface area (Å²) in [5.74, 6) is 0. The van der Waals surface area contributed by atoms with Gasteiger partial charge in [-0.15, -0.1) is 0 Å². The lowest BCUT2D eigenvalue weighted by Gasteiger charge is -2.25. The van der Waals surface area contributed by atoms with E-state index in [2.05, 4.69) is 0 Å². The van der Waals surface area contributed by atoms with E-state index in [1.54, 1.807) is 4.90 Å². The minimum Gasteiger partial charge on any atom is -0.326 e. The SMILES string of the molecule is CN(C)CCN(C=O)C1(N)CC1. The number of nitrogens with zero attached hydrogens (tertiary/aromatic N) is 2. The predicted molar refractivity (Wildman–Crippen MR) is 47.5 cm³/mol. The van der Waals surface area contributed by atoms with Gasteiger partial charge in [-0.25, -0.2) is 0 Å². The van der Waals surface area contributed by atoms with Gasteiger partial charge in [-0.1, -0.05) is 0 Å². The highest BCUT2D eigenvalue weighted by Crippen LogP contribution is 2.34. The zero-order chi connectivity index (χ0) is 9.19. The van der Waals surface area contributed by atoms with Gasteiger partial charge in [0, 0.05) is 13.1 Å². The van der Waals surface area contributed by atoms with Crippen molar-refractivity contribution >= 4 is 6.41 Å². The lowest BCUT2D eigenvalue weighted by Crippen LogP contribution is -2.46. The largest absolute Gasteiger partial charge is 0.326 e. The van der Waals surface area contributed by atoms with Crippen molar-refractivity contribution in [3.63, 3.8) is 0 Å². The highest BCUT2D eigenvalue weighted by atomic mass is 16.1. The number of amides is 1. The molecule has 0 aliphatic heterocycles. The lowest BCUT2D eigenvalue weighted by molar-refractivity contribution is -0.121. The molecule has 0 heterocycles. The van der Waals surface area contributed by atoms with Crippen molar-refractivity contribution in [1.82, 2.24) is 9.80 Å². The Bertz CT molecular complexity index is 166. The molecule has 4 nitrogen and oxygen atoms in total. The third kappa shape index (κ3) is 2.19. The van der Waals surface area contributed by atoms with E-state index in [4.69, 9.17) is 5.73 Å². The fourth-order valence-corrected chi connectivity index (χ4v) is 1.10. The normalized spacial score (nSPS) is 19.3. The maximum Gasteiger partial charge on any atom is 0.211 e. The van der Waals surface area contributed by atoms with Crippen molar-refractivity contribution in [2.24, 2.45) is 5.73 Å². The summed E-state index contributed by atoms with van der Waals surface area (Å²) in [4.78, 5) is 14.4. The lowest BCUT2D eigenvalue weighted by atomic mass is 10.4. The fraction of sp³-hybridized carbons (Fsp3) is 0.875. The van der Waals surface area contributed by atoms with Gasteiger partial charge in [0.15, 0.2) is 0 Å². The zero-order valence-corrected chi connectivity index (χ0v) is 7.79. The van der Waals surface area contributed by atoms with Crippen molar-refractivity contribution in [2.75, 3.05) is 27.2 Å². The molecule has 0 atom stereocenters. The Hall–Kier alpha value is -0.610. The van der Waals surface area contributed by atoms with Gasteiger partial charge < -0.3 is 15.5 Å². The van der Waals surface area contributed by atoms with E-state index in [9.17, 15) is 4.79 Å². The maximum atomic E-state index is 10.6. The first-order valence-electron chi connectivity index (χ1n) is 4.24. The van der Waals surface area contributed by atoms with Crippen LogP contribution in [0, 0.1) is 0 Å². The Kier molecular flexibility index (Phi) is 2.69. The molecule has 4 heteroatoms. The summed E-state index contributed by atoms with van der Waals surface area (Å²) in [5.41, 5.74) is 5.56. The second-order valence-corrected chi connectivity index (χ2v) is 3.71. The average molecular weight is 171 g/mol. The molecule has 2 N–H and O–H groups in total. The smallest absolute Gasteiger partial charge is 0.211 e. The van der Waals surface area contributed by atoms with E-state index in [1.165, 1.54) is 0 Å². The van der Waals surface area contributed by atoms with Crippen LogP contribution in [0.15, 0.2) is 0 Å². The molecule has 12 heavy (non-hydrogen) atoms. The van der Waals surface area contributed by atoms with Gasteiger partial charge in [0.05, 0.1) is 5.66 Å². The van der Waals surface area contributed by atoms with E-state index in [0.717, 1.165) is 32.3 Å². The summed E-state index contributed by atoms with van der Waals surface area (Å²) in [6.07, 6.45) is 2.74. The van der Waals surface area contributed by atoms with Crippen LogP contribution in [0.3, 0.4) is 0 Å². The van der Waals surface area contributed by atoms with Gasteiger partial charge in [-0.2, -0.15) is 0 Å². The van der Waals surface area contributed by atoms with Crippen molar-refractivity contribution in [2.45, 2.75) is 18.5 Å². The van der Waals surface area contributed by atoms with E-state index in [0.29, 0.717) is 0 Å². The molecule has 1 saturated carbocycles. The summed E-state index contributed by atoms with van der Waals surface area (Å²) in [6.45, 7) is 1.60. The third-order valence-electron chi connectivity index (χ3n) is 2.25. The molecular formula is C8H17N3O. The van der Waals surface area contributed by atoms with Crippen molar-refractivity contribution in [3.05, 3.63) is 0 Å². The number of hydrogen-bond donors (Lipinski definition) is 1. The van der Waals surface area contributed by atoms with Crippen molar-refractivity contribution < 1.29 is 4.79 Å². The van der Waals surface area contributed by atoms with Gasteiger partial charge in [0.1, 0.15) is 0 Å². The quantitative estimate of drug-likeness (QED) is 0.446. The van der Waals surface area contributed by atoms with E-state index >= 15 is 0 Å². The van der Waals surface area contributed by atoms with Crippen LogP contribution in [0.4, 0.5) is 0 Å². The second kappa shape index (κ2) is 3.41. The maximum absolute atomic E-state index is 10.6. The molecule has 1 aliphatic rings. The molecule has 1 rings (SSSR count). The summed E-state index contributed by atoms with van der Waals surface area (Å²) in [6, 6.07) is 0. The number of likely N-dealkylation sites (N-methyl/N-ethyl adjacent to an activating group) is 1. The number of rotatable bonds is 5. The summed E-state index contributed by atoms with van der Waals surface area (Å²) in [5, 5.41) is 0. The molecule has 70 valence electrons. The average Bonchev–Trinajstić information content (AvgIpc) is 2.69. The minimum atomic E-state index is -0.308. The first-order chi connectivity index (χ1) is 5.58. The van der Waals surface area contributed by atoms with Gasteiger partial charge >= 0.3 is 0 Å². The zero-order valence-electron chi connectivity index (χ0n) is 7.79. The molecule has 0 aromatic rings. The monoisotopic (exact) mass is 171 g/mol. The first-order valence-corrected chi connectivity index (χ1v) is 4.24. The molecular weight excluding hydrogens is 154 g/mol. The fourth-order valence-electron chi connectivity index (χ4n) is 1.10. The third-order valence-corrected chi connectivity index (χ3v) is 2.25.